The van der Waals surface area contributed by atoms with E-state index in [4.69, 9.17) is 18.9 Å². The lowest BCUT2D eigenvalue weighted by Crippen LogP contribution is -2.60. The number of aliphatic carboxylic acids is 1. The molecule has 0 amide bonds. The number of fused-ring (bicyclic) bond motifs is 1. The van der Waals surface area contributed by atoms with E-state index in [1.807, 2.05) is 0 Å². The van der Waals surface area contributed by atoms with Gasteiger partial charge >= 0.3 is 11.9 Å². The minimum absolute atomic E-state index is 0.00468. The topological polar surface area (TPSA) is 172 Å². The van der Waals surface area contributed by atoms with Crippen molar-refractivity contribution in [3.8, 4) is 0 Å². The van der Waals surface area contributed by atoms with Gasteiger partial charge in [0.1, 0.15) is 24.4 Å². The maximum Gasteiger partial charge on any atom is 0.334 e. The van der Waals surface area contributed by atoms with Gasteiger partial charge in [-0.25, -0.2) is 4.79 Å². The quantitative estimate of drug-likeness (QED) is 0.319. The Kier molecular flexibility index (Phi) is 6.22. The van der Waals surface area contributed by atoms with E-state index in [2.05, 4.69) is 0 Å². The van der Waals surface area contributed by atoms with Crippen LogP contribution in [0.4, 0.5) is 0 Å². The number of carbonyl (C=O) groups excluding carboxylic acids is 1. The monoisotopic (exact) mass is 404 g/mol. The Morgan fingerprint density at radius 3 is 2.46 bits per heavy atom. The number of carboxylic acids is 1. The van der Waals surface area contributed by atoms with Crippen molar-refractivity contribution >= 4 is 11.9 Å². The zero-order valence-electron chi connectivity index (χ0n) is 15.1. The smallest absolute Gasteiger partial charge is 0.334 e. The largest absolute Gasteiger partial charge is 0.478 e. The van der Waals surface area contributed by atoms with Gasteiger partial charge in [0.05, 0.1) is 31.5 Å². The fraction of sp³-hybridized carbons (Fsp3) is 0.765. The fourth-order valence-electron chi connectivity index (χ4n) is 4.16. The van der Waals surface area contributed by atoms with Crippen molar-refractivity contribution in [3.05, 3.63) is 11.8 Å². The molecule has 5 N–H and O–H groups in total. The number of hydrogen-bond donors (Lipinski definition) is 5. The number of carboxylic acid groups (broad SMARTS) is 1. The minimum Gasteiger partial charge on any atom is -0.478 e. The van der Waals surface area contributed by atoms with E-state index in [-0.39, 0.29) is 5.57 Å². The maximum absolute atomic E-state index is 12.2. The third kappa shape index (κ3) is 3.61. The minimum atomic E-state index is -1.65. The van der Waals surface area contributed by atoms with Gasteiger partial charge in [-0.05, 0) is 12.8 Å². The number of methoxy groups -OCH3 is 1. The summed E-state index contributed by atoms with van der Waals surface area (Å²) in [5.41, 5.74) is 0.00468. The van der Waals surface area contributed by atoms with Crippen LogP contribution in [0.3, 0.4) is 0 Å². The van der Waals surface area contributed by atoms with E-state index in [1.54, 1.807) is 0 Å². The Morgan fingerprint density at radius 2 is 1.86 bits per heavy atom. The molecular formula is C17H24O11. The van der Waals surface area contributed by atoms with E-state index in [0.29, 0.717) is 12.8 Å². The second kappa shape index (κ2) is 8.31. The molecule has 3 aliphatic rings. The first kappa shape index (κ1) is 21.0. The number of aliphatic hydroxyl groups is 4. The van der Waals surface area contributed by atoms with Crippen molar-refractivity contribution < 1.29 is 54.1 Å². The van der Waals surface area contributed by atoms with Crippen LogP contribution in [0.2, 0.25) is 0 Å². The highest BCUT2D eigenvalue weighted by Crippen LogP contribution is 2.47. The normalized spacial score (nSPS) is 42.9. The van der Waals surface area contributed by atoms with Gasteiger partial charge in [-0.1, -0.05) is 0 Å². The van der Waals surface area contributed by atoms with E-state index in [1.165, 1.54) is 7.11 Å². The first-order valence-corrected chi connectivity index (χ1v) is 8.92. The Hall–Kier alpha value is -1.76. The molecule has 0 radical (unpaired) electrons. The summed E-state index contributed by atoms with van der Waals surface area (Å²) < 4.78 is 21.2. The van der Waals surface area contributed by atoms with Crippen molar-refractivity contribution in [3.63, 3.8) is 0 Å². The molecule has 1 saturated carbocycles. The lowest BCUT2D eigenvalue weighted by atomic mass is 9.83. The lowest BCUT2D eigenvalue weighted by molar-refractivity contribution is -0.342. The van der Waals surface area contributed by atoms with Crippen molar-refractivity contribution in [1.82, 2.24) is 0 Å². The van der Waals surface area contributed by atoms with Crippen LogP contribution in [-0.4, -0.2) is 88.2 Å². The second-order valence-electron chi connectivity index (χ2n) is 7.11. The van der Waals surface area contributed by atoms with E-state index >= 15 is 0 Å². The molecule has 0 aromatic rings. The van der Waals surface area contributed by atoms with E-state index < -0.39 is 73.3 Å². The Bertz CT molecular complexity index is 633. The van der Waals surface area contributed by atoms with Gasteiger partial charge in [-0.15, -0.1) is 0 Å². The highest BCUT2D eigenvalue weighted by molar-refractivity contribution is 5.87. The van der Waals surface area contributed by atoms with Crippen molar-refractivity contribution in [2.45, 2.75) is 49.8 Å². The first-order chi connectivity index (χ1) is 13.3. The Morgan fingerprint density at radius 1 is 1.14 bits per heavy atom. The average molecular weight is 404 g/mol. The number of hydrogen-bond acceptors (Lipinski definition) is 10. The van der Waals surface area contributed by atoms with E-state index in [0.717, 1.165) is 6.26 Å². The molecule has 0 bridgehead atoms. The van der Waals surface area contributed by atoms with E-state index in [9.17, 15) is 35.1 Å². The van der Waals surface area contributed by atoms with Crippen molar-refractivity contribution in [2.24, 2.45) is 17.8 Å². The molecule has 11 nitrogen and oxygen atoms in total. The molecule has 9 atom stereocenters. The van der Waals surface area contributed by atoms with Crippen LogP contribution in [0.15, 0.2) is 11.8 Å². The van der Waals surface area contributed by atoms with Gasteiger partial charge < -0.3 is 44.5 Å². The van der Waals surface area contributed by atoms with Crippen LogP contribution in [0.5, 0.6) is 0 Å². The molecule has 1 saturated heterocycles. The first-order valence-electron chi connectivity index (χ1n) is 8.92. The van der Waals surface area contributed by atoms with Crippen LogP contribution < -0.4 is 0 Å². The summed E-state index contributed by atoms with van der Waals surface area (Å²) in [4.78, 5) is 23.6. The van der Waals surface area contributed by atoms with Gasteiger partial charge in [-0.3, -0.25) is 4.79 Å². The van der Waals surface area contributed by atoms with Crippen LogP contribution in [-0.2, 0) is 28.5 Å². The van der Waals surface area contributed by atoms with Crippen molar-refractivity contribution in [2.75, 3.05) is 13.7 Å². The van der Waals surface area contributed by atoms with Crippen LogP contribution in [0.25, 0.3) is 0 Å². The number of esters is 1. The second-order valence-corrected chi connectivity index (χ2v) is 7.11. The molecule has 0 spiro atoms. The highest BCUT2D eigenvalue weighted by atomic mass is 16.8. The van der Waals surface area contributed by atoms with Gasteiger partial charge in [0.25, 0.3) is 0 Å². The molecule has 158 valence electrons. The van der Waals surface area contributed by atoms with Crippen LogP contribution in [0.1, 0.15) is 12.8 Å². The molecule has 0 aromatic carbocycles. The lowest BCUT2D eigenvalue weighted by Gasteiger charge is -2.43. The standard InChI is InChI=1S/C17H24O11/c1-25-15(24)7-3-2-6-8(14(22)23)5-26-16(10(6)7)28-17-13(21)12(20)11(19)9(4-18)27-17/h5-7,9-13,16-21H,2-4H2,1H3,(H,22,23)/t6-,7+,9-,10+,11-,12+,13-,16+,17+/m1/s1. The molecule has 3 rings (SSSR count). The van der Waals surface area contributed by atoms with Crippen molar-refractivity contribution in [1.29, 1.82) is 0 Å². The third-order valence-electron chi connectivity index (χ3n) is 5.63. The number of aliphatic hydroxyl groups excluding tert-OH is 4. The Labute approximate surface area is 160 Å². The molecule has 28 heavy (non-hydrogen) atoms. The van der Waals surface area contributed by atoms with Crippen LogP contribution in [0, 0.1) is 17.8 Å². The summed E-state index contributed by atoms with van der Waals surface area (Å²) in [6.45, 7) is -0.629. The number of rotatable bonds is 5. The Balaban J connectivity index is 1.83. The third-order valence-corrected chi connectivity index (χ3v) is 5.63. The fourth-order valence-corrected chi connectivity index (χ4v) is 4.16. The highest BCUT2D eigenvalue weighted by Gasteiger charge is 2.53. The number of carbonyl (C=O) groups is 2. The van der Waals surface area contributed by atoms with Crippen LogP contribution >= 0.6 is 0 Å². The zero-order valence-corrected chi connectivity index (χ0v) is 15.1. The summed E-state index contributed by atoms with van der Waals surface area (Å²) >= 11 is 0. The maximum atomic E-state index is 12.2. The summed E-state index contributed by atoms with van der Waals surface area (Å²) in [6.07, 6.45) is -6.84. The van der Waals surface area contributed by atoms with Gasteiger partial charge in [0, 0.05) is 11.8 Å². The zero-order chi connectivity index (χ0) is 20.6. The number of ether oxygens (including phenoxy) is 4. The molecule has 2 heterocycles. The molecule has 1 aliphatic carbocycles. The summed E-state index contributed by atoms with van der Waals surface area (Å²) in [6, 6.07) is 0. The SMILES string of the molecule is COC(=O)[C@H]1CC[C@@H]2C(C(=O)O)=CO[C@@H](O[C@@H]3O[C@H](CO)[C@@H](O)[C@H](O)[C@H]3O)[C@H]12. The summed E-state index contributed by atoms with van der Waals surface area (Å²) in [7, 11) is 1.22. The van der Waals surface area contributed by atoms with Gasteiger partial charge in [-0.2, -0.15) is 0 Å². The molecule has 2 aliphatic heterocycles. The van der Waals surface area contributed by atoms with Gasteiger partial charge in [0.15, 0.2) is 6.29 Å². The molecule has 0 aromatic heterocycles. The summed E-state index contributed by atoms with van der Waals surface area (Å²) in [5.74, 6) is -3.65. The van der Waals surface area contributed by atoms with Gasteiger partial charge in [0.2, 0.25) is 6.29 Å². The molecule has 11 heteroatoms. The summed E-state index contributed by atoms with van der Waals surface area (Å²) in [5, 5.41) is 48.6. The average Bonchev–Trinajstić information content (AvgIpc) is 3.13. The predicted molar refractivity (Wildman–Crippen MR) is 87.2 cm³/mol. The molecular weight excluding hydrogens is 380 g/mol. The predicted octanol–water partition coefficient (Wildman–Crippen LogP) is -2.06. The molecule has 2 fully saturated rings. The molecule has 0 unspecified atom stereocenters.